The Balaban J connectivity index is 2.13. The van der Waals surface area contributed by atoms with Crippen LogP contribution in [0.25, 0.3) is 0 Å². The molecule has 4 heteroatoms. The lowest BCUT2D eigenvalue weighted by atomic mass is 10.0. The van der Waals surface area contributed by atoms with Crippen LogP contribution in [0.1, 0.15) is 34.6 Å². The number of nitrogen functional groups attached to an aromatic ring is 1. The molecular weight excluding hydrogens is 238 g/mol. The second kappa shape index (κ2) is 5.52. The molecule has 2 aromatic rings. The summed E-state index contributed by atoms with van der Waals surface area (Å²) in [4.78, 5) is 16.1. The number of pyridine rings is 1. The van der Waals surface area contributed by atoms with Gasteiger partial charge in [-0.25, -0.2) is 0 Å². The van der Waals surface area contributed by atoms with Gasteiger partial charge in [0.25, 0.3) is 5.91 Å². The minimum Gasteiger partial charge on any atom is -0.399 e. The van der Waals surface area contributed by atoms with Crippen LogP contribution in [0.5, 0.6) is 0 Å². The molecule has 0 aliphatic rings. The molecule has 3 N–H and O–H groups in total. The number of rotatable bonds is 3. The van der Waals surface area contributed by atoms with E-state index in [1.807, 2.05) is 38.1 Å². The molecule has 0 radical (unpaired) electrons. The van der Waals surface area contributed by atoms with Crippen molar-refractivity contribution in [2.24, 2.45) is 0 Å². The molecule has 19 heavy (non-hydrogen) atoms. The first-order valence-electron chi connectivity index (χ1n) is 6.16. The third-order valence-corrected chi connectivity index (χ3v) is 3.02. The van der Waals surface area contributed by atoms with Gasteiger partial charge in [-0.15, -0.1) is 0 Å². The standard InChI is InChI=1S/C15H17N3O/c1-10-5-3-4-6-13(10)11(2)18-15(19)14-9-12(16)7-8-17-14/h3-9,11H,1-2H3,(H2,16,17)(H,18,19). The maximum Gasteiger partial charge on any atom is 0.270 e. The van der Waals surface area contributed by atoms with Gasteiger partial charge >= 0.3 is 0 Å². The third-order valence-electron chi connectivity index (χ3n) is 3.02. The molecule has 1 aromatic carbocycles. The molecule has 0 spiro atoms. The minimum atomic E-state index is -0.219. The fourth-order valence-corrected chi connectivity index (χ4v) is 1.99. The molecule has 0 fully saturated rings. The minimum absolute atomic E-state index is 0.0723. The van der Waals surface area contributed by atoms with E-state index >= 15 is 0 Å². The van der Waals surface area contributed by atoms with E-state index in [1.54, 1.807) is 12.1 Å². The summed E-state index contributed by atoms with van der Waals surface area (Å²) in [6.45, 7) is 3.98. The van der Waals surface area contributed by atoms with Crippen LogP contribution in [0, 0.1) is 6.92 Å². The normalized spacial score (nSPS) is 11.9. The predicted molar refractivity (Wildman–Crippen MR) is 75.7 cm³/mol. The summed E-state index contributed by atoms with van der Waals surface area (Å²) < 4.78 is 0. The zero-order valence-electron chi connectivity index (χ0n) is 11.1. The summed E-state index contributed by atoms with van der Waals surface area (Å²) in [7, 11) is 0. The zero-order chi connectivity index (χ0) is 13.8. The number of aromatic nitrogens is 1. The SMILES string of the molecule is Cc1ccccc1C(C)NC(=O)c1cc(N)ccn1. The van der Waals surface area contributed by atoms with E-state index in [0.29, 0.717) is 11.4 Å². The summed E-state index contributed by atoms with van der Waals surface area (Å²) in [5.41, 5.74) is 8.75. The highest BCUT2D eigenvalue weighted by molar-refractivity contribution is 5.93. The maximum atomic E-state index is 12.1. The van der Waals surface area contributed by atoms with E-state index in [-0.39, 0.29) is 11.9 Å². The Labute approximate surface area is 112 Å². The van der Waals surface area contributed by atoms with Gasteiger partial charge in [0.2, 0.25) is 0 Å². The molecule has 98 valence electrons. The summed E-state index contributed by atoms with van der Waals surface area (Å²) in [5.74, 6) is -0.219. The van der Waals surface area contributed by atoms with Gasteiger partial charge in [0, 0.05) is 11.9 Å². The summed E-state index contributed by atoms with van der Waals surface area (Å²) in [6, 6.07) is 11.1. The average molecular weight is 255 g/mol. The number of anilines is 1. The molecule has 0 aliphatic heterocycles. The number of benzene rings is 1. The predicted octanol–water partition coefficient (Wildman–Crippen LogP) is 2.46. The van der Waals surface area contributed by atoms with Gasteiger partial charge in [-0.1, -0.05) is 24.3 Å². The number of amides is 1. The Hall–Kier alpha value is -2.36. The van der Waals surface area contributed by atoms with E-state index in [9.17, 15) is 4.79 Å². The van der Waals surface area contributed by atoms with Crippen molar-refractivity contribution < 1.29 is 4.79 Å². The highest BCUT2D eigenvalue weighted by Gasteiger charge is 2.13. The van der Waals surface area contributed by atoms with Crippen molar-refractivity contribution in [3.63, 3.8) is 0 Å². The van der Waals surface area contributed by atoms with Crippen LogP contribution in [0.4, 0.5) is 5.69 Å². The monoisotopic (exact) mass is 255 g/mol. The highest BCUT2D eigenvalue weighted by Crippen LogP contribution is 2.17. The second-order valence-corrected chi connectivity index (χ2v) is 4.53. The molecule has 0 aliphatic carbocycles. The molecule has 2 rings (SSSR count). The van der Waals surface area contributed by atoms with Crippen LogP contribution in [0.15, 0.2) is 42.6 Å². The van der Waals surface area contributed by atoms with E-state index in [1.165, 1.54) is 6.20 Å². The number of hydrogen-bond donors (Lipinski definition) is 2. The molecule has 1 atom stereocenters. The Morgan fingerprint density at radius 3 is 2.74 bits per heavy atom. The van der Waals surface area contributed by atoms with Crippen molar-refractivity contribution in [1.29, 1.82) is 0 Å². The maximum absolute atomic E-state index is 12.1. The van der Waals surface area contributed by atoms with Crippen molar-refractivity contribution in [2.75, 3.05) is 5.73 Å². The topological polar surface area (TPSA) is 68.0 Å². The second-order valence-electron chi connectivity index (χ2n) is 4.53. The molecule has 4 nitrogen and oxygen atoms in total. The molecular formula is C15H17N3O. The number of nitrogens with one attached hydrogen (secondary N) is 1. The van der Waals surface area contributed by atoms with Crippen LogP contribution >= 0.6 is 0 Å². The summed E-state index contributed by atoms with van der Waals surface area (Å²) >= 11 is 0. The van der Waals surface area contributed by atoms with Crippen LogP contribution in [0.2, 0.25) is 0 Å². The lowest BCUT2D eigenvalue weighted by molar-refractivity contribution is 0.0935. The molecule has 1 heterocycles. The third kappa shape index (κ3) is 3.10. The van der Waals surface area contributed by atoms with Crippen LogP contribution < -0.4 is 11.1 Å². The van der Waals surface area contributed by atoms with Crippen molar-refractivity contribution in [1.82, 2.24) is 10.3 Å². The van der Waals surface area contributed by atoms with Gasteiger partial charge < -0.3 is 11.1 Å². The van der Waals surface area contributed by atoms with Gasteiger partial charge in [0.1, 0.15) is 5.69 Å². The highest BCUT2D eigenvalue weighted by atomic mass is 16.1. The Kier molecular flexibility index (Phi) is 3.80. The molecule has 0 bridgehead atoms. The summed E-state index contributed by atoms with van der Waals surface area (Å²) in [5, 5.41) is 2.92. The van der Waals surface area contributed by atoms with Crippen molar-refractivity contribution in [2.45, 2.75) is 19.9 Å². The number of aryl methyl sites for hydroxylation is 1. The molecule has 0 saturated heterocycles. The zero-order valence-corrected chi connectivity index (χ0v) is 11.1. The van der Waals surface area contributed by atoms with Crippen LogP contribution in [0.3, 0.4) is 0 Å². The number of nitrogens with two attached hydrogens (primary N) is 1. The quantitative estimate of drug-likeness (QED) is 0.885. The number of hydrogen-bond acceptors (Lipinski definition) is 3. The average Bonchev–Trinajstić information content (AvgIpc) is 2.39. The first-order valence-corrected chi connectivity index (χ1v) is 6.16. The van der Waals surface area contributed by atoms with Crippen LogP contribution in [-0.4, -0.2) is 10.9 Å². The first kappa shape index (κ1) is 13.1. The molecule has 1 amide bonds. The molecule has 0 saturated carbocycles. The van der Waals surface area contributed by atoms with E-state index < -0.39 is 0 Å². The fourth-order valence-electron chi connectivity index (χ4n) is 1.99. The van der Waals surface area contributed by atoms with Crippen molar-refractivity contribution >= 4 is 11.6 Å². The molecule has 1 unspecified atom stereocenters. The van der Waals surface area contributed by atoms with Crippen molar-refractivity contribution in [3.8, 4) is 0 Å². The Morgan fingerprint density at radius 2 is 2.05 bits per heavy atom. The van der Waals surface area contributed by atoms with Gasteiger partial charge in [-0.3, -0.25) is 9.78 Å². The van der Waals surface area contributed by atoms with Gasteiger partial charge in [0.15, 0.2) is 0 Å². The van der Waals surface area contributed by atoms with Gasteiger partial charge in [-0.05, 0) is 37.1 Å². The Morgan fingerprint density at radius 1 is 1.32 bits per heavy atom. The fraction of sp³-hybridized carbons (Fsp3) is 0.200. The van der Waals surface area contributed by atoms with Gasteiger partial charge in [-0.2, -0.15) is 0 Å². The van der Waals surface area contributed by atoms with Crippen molar-refractivity contribution in [3.05, 3.63) is 59.4 Å². The number of nitrogens with zero attached hydrogens (tertiary/aromatic N) is 1. The van der Waals surface area contributed by atoms with E-state index in [2.05, 4.69) is 10.3 Å². The Bertz CT molecular complexity index is 595. The lowest BCUT2D eigenvalue weighted by Crippen LogP contribution is -2.27. The summed E-state index contributed by atoms with van der Waals surface area (Å²) in [6.07, 6.45) is 1.53. The first-order chi connectivity index (χ1) is 9.08. The smallest absolute Gasteiger partial charge is 0.270 e. The number of carbonyl (C=O) groups is 1. The van der Waals surface area contributed by atoms with Gasteiger partial charge in [0.05, 0.1) is 6.04 Å². The van der Waals surface area contributed by atoms with E-state index in [4.69, 9.17) is 5.73 Å². The van der Waals surface area contributed by atoms with Crippen LogP contribution in [-0.2, 0) is 0 Å². The largest absolute Gasteiger partial charge is 0.399 e. The molecule has 1 aromatic heterocycles. The number of carbonyl (C=O) groups excluding carboxylic acids is 1. The van der Waals surface area contributed by atoms with E-state index in [0.717, 1.165) is 11.1 Å². The lowest BCUT2D eigenvalue weighted by Gasteiger charge is -2.16.